The monoisotopic (exact) mass is 561 g/mol. The molecule has 36 heavy (non-hydrogen) atoms. The maximum absolute atomic E-state index is 10.7. The number of aliphatic hydroxyl groups excluding tert-OH is 1. The fraction of sp³-hybridized carbons (Fsp3) is 0.355. The molecule has 0 amide bonds. The van der Waals surface area contributed by atoms with Crippen LogP contribution in [-0.2, 0) is 17.4 Å². The first kappa shape index (κ1) is 25.5. The average Bonchev–Trinajstić information content (AvgIpc) is 3.38. The van der Waals surface area contributed by atoms with Crippen LogP contribution >= 0.6 is 15.9 Å². The first-order valence-corrected chi connectivity index (χ1v) is 15.7. The minimum Gasteiger partial charge on any atom is -0.407 e. The molecule has 3 aromatic carbocycles. The second-order valence-electron chi connectivity index (χ2n) is 11.3. The van der Waals surface area contributed by atoms with Crippen LogP contribution in [0.15, 0.2) is 83.3 Å². The molecule has 5 rings (SSSR count). The Morgan fingerprint density at radius 1 is 1.00 bits per heavy atom. The van der Waals surface area contributed by atoms with Gasteiger partial charge >= 0.3 is 0 Å². The topological polar surface area (TPSA) is 34.4 Å². The molecule has 0 aliphatic heterocycles. The third kappa shape index (κ3) is 4.41. The summed E-state index contributed by atoms with van der Waals surface area (Å²) in [6, 6.07) is 28.1. The van der Waals surface area contributed by atoms with Gasteiger partial charge in [0.1, 0.15) is 0 Å². The second-order valence-corrected chi connectivity index (χ2v) is 16.5. The molecule has 0 radical (unpaired) electrons. The van der Waals surface area contributed by atoms with Crippen molar-refractivity contribution < 1.29 is 9.53 Å². The van der Waals surface area contributed by atoms with Crippen molar-refractivity contribution in [3.8, 4) is 0 Å². The average molecular weight is 563 g/mol. The molecule has 1 unspecified atom stereocenters. The van der Waals surface area contributed by atoms with Crippen molar-refractivity contribution in [2.45, 2.75) is 58.2 Å². The Balaban J connectivity index is 1.49. The van der Waals surface area contributed by atoms with E-state index >= 15 is 0 Å². The Morgan fingerprint density at radius 3 is 2.19 bits per heavy atom. The van der Waals surface area contributed by atoms with Crippen molar-refractivity contribution in [3.05, 3.63) is 94.6 Å². The molecular formula is C31H36BrNO2Si. The Bertz CT molecular complexity index is 1300. The lowest BCUT2D eigenvalue weighted by molar-refractivity contribution is 0.181. The van der Waals surface area contributed by atoms with Crippen LogP contribution in [0.1, 0.15) is 51.5 Å². The molecule has 1 N–H and O–H groups in total. The third-order valence-corrected chi connectivity index (χ3v) is 13.2. The van der Waals surface area contributed by atoms with Crippen molar-refractivity contribution in [3.63, 3.8) is 0 Å². The lowest BCUT2D eigenvalue weighted by atomic mass is 10.1. The van der Waals surface area contributed by atoms with E-state index < -0.39 is 8.32 Å². The van der Waals surface area contributed by atoms with Crippen LogP contribution in [0, 0.1) is 5.92 Å². The van der Waals surface area contributed by atoms with E-state index in [-0.39, 0.29) is 11.1 Å². The Labute approximate surface area is 224 Å². The number of hydrogen-bond acceptors (Lipinski definition) is 2. The molecule has 1 aliphatic rings. The number of benzene rings is 3. The van der Waals surface area contributed by atoms with Crippen LogP contribution in [-0.4, -0.2) is 24.6 Å². The predicted molar refractivity (Wildman–Crippen MR) is 156 cm³/mol. The van der Waals surface area contributed by atoms with Gasteiger partial charge in [0.05, 0.1) is 6.10 Å². The molecule has 4 aromatic rings. The number of fused-ring (bicyclic) bond motifs is 3. The zero-order chi connectivity index (χ0) is 25.5. The standard InChI is InChI=1S/C31H36BrNO2Si/c1-22(20-33-27-17-18-29(34)30(27)26-16-15-23(32)19-28(26)33)21-35-36(31(2,3)4,24-11-7-5-8-12-24)25-13-9-6-10-14-25/h5-16,19,22,29,34H,17-18,20-21H2,1-4H3/t22-,29?/m0/s1. The number of nitrogens with zero attached hydrogens (tertiary/aromatic N) is 1. The molecule has 1 aromatic heterocycles. The molecular weight excluding hydrogens is 526 g/mol. The zero-order valence-corrected chi connectivity index (χ0v) is 24.3. The van der Waals surface area contributed by atoms with E-state index in [0.717, 1.165) is 29.4 Å². The lowest BCUT2D eigenvalue weighted by Gasteiger charge is -2.43. The predicted octanol–water partition coefficient (Wildman–Crippen LogP) is 6.60. The molecule has 1 heterocycles. The highest BCUT2D eigenvalue weighted by atomic mass is 79.9. The van der Waals surface area contributed by atoms with Crippen LogP contribution in [0.25, 0.3) is 10.9 Å². The summed E-state index contributed by atoms with van der Waals surface area (Å²) in [5.41, 5.74) is 3.61. The molecule has 3 nitrogen and oxygen atoms in total. The Kier molecular flexibility index (Phi) is 7.03. The van der Waals surface area contributed by atoms with Crippen LogP contribution in [0.4, 0.5) is 0 Å². The molecule has 2 atom stereocenters. The molecule has 0 saturated carbocycles. The highest BCUT2D eigenvalue weighted by molar-refractivity contribution is 9.10. The lowest BCUT2D eigenvalue weighted by Crippen LogP contribution is -2.66. The number of aliphatic hydroxyl groups is 1. The smallest absolute Gasteiger partial charge is 0.261 e. The van der Waals surface area contributed by atoms with E-state index in [1.807, 2.05) is 0 Å². The van der Waals surface area contributed by atoms with Gasteiger partial charge < -0.3 is 14.1 Å². The van der Waals surface area contributed by atoms with E-state index in [1.165, 1.54) is 27.0 Å². The van der Waals surface area contributed by atoms with Gasteiger partial charge in [0.2, 0.25) is 0 Å². The second kappa shape index (κ2) is 9.94. The van der Waals surface area contributed by atoms with Gasteiger partial charge in [0, 0.05) is 39.8 Å². The molecule has 0 fully saturated rings. The van der Waals surface area contributed by atoms with E-state index in [1.54, 1.807) is 0 Å². The summed E-state index contributed by atoms with van der Waals surface area (Å²) in [7, 11) is -2.56. The first-order chi connectivity index (χ1) is 17.2. The fourth-order valence-electron chi connectivity index (χ4n) is 6.06. The number of hydrogen-bond donors (Lipinski definition) is 1. The number of halogens is 1. The molecule has 188 valence electrons. The zero-order valence-electron chi connectivity index (χ0n) is 21.7. The summed E-state index contributed by atoms with van der Waals surface area (Å²) in [6.45, 7) is 10.8. The van der Waals surface area contributed by atoms with Gasteiger partial charge in [0.15, 0.2) is 0 Å². The van der Waals surface area contributed by atoms with E-state index in [9.17, 15) is 5.11 Å². The van der Waals surface area contributed by atoms with Crippen molar-refractivity contribution in [1.29, 1.82) is 0 Å². The summed E-state index contributed by atoms with van der Waals surface area (Å²) in [5, 5.41) is 14.5. The van der Waals surface area contributed by atoms with Crippen molar-refractivity contribution >= 4 is 45.5 Å². The molecule has 1 aliphatic carbocycles. The highest BCUT2D eigenvalue weighted by Crippen LogP contribution is 2.41. The Morgan fingerprint density at radius 2 is 1.61 bits per heavy atom. The normalized spacial score (nSPS) is 16.9. The van der Waals surface area contributed by atoms with Crippen molar-refractivity contribution in [2.24, 2.45) is 5.92 Å². The van der Waals surface area contributed by atoms with E-state index in [4.69, 9.17) is 4.43 Å². The maximum Gasteiger partial charge on any atom is 0.261 e. The van der Waals surface area contributed by atoms with Crippen molar-refractivity contribution in [1.82, 2.24) is 4.57 Å². The quantitative estimate of drug-likeness (QED) is 0.258. The van der Waals surface area contributed by atoms with E-state index in [0.29, 0.717) is 12.5 Å². The van der Waals surface area contributed by atoms with Crippen molar-refractivity contribution in [2.75, 3.05) is 6.61 Å². The maximum atomic E-state index is 10.7. The highest BCUT2D eigenvalue weighted by Gasteiger charge is 2.50. The number of rotatable bonds is 7. The third-order valence-electron chi connectivity index (χ3n) is 7.66. The van der Waals surface area contributed by atoms with Gasteiger partial charge in [-0.1, -0.05) is 110 Å². The van der Waals surface area contributed by atoms with Gasteiger partial charge in [-0.25, -0.2) is 0 Å². The van der Waals surface area contributed by atoms with Gasteiger partial charge in [-0.05, 0) is 46.3 Å². The number of aromatic nitrogens is 1. The largest absolute Gasteiger partial charge is 0.407 e. The molecule has 0 bridgehead atoms. The van der Waals surface area contributed by atoms with Gasteiger partial charge in [-0.2, -0.15) is 0 Å². The molecule has 0 spiro atoms. The van der Waals surface area contributed by atoms with Crippen LogP contribution in [0.2, 0.25) is 5.04 Å². The van der Waals surface area contributed by atoms with Gasteiger partial charge in [-0.3, -0.25) is 0 Å². The molecule has 5 heteroatoms. The van der Waals surface area contributed by atoms with Crippen LogP contribution < -0.4 is 10.4 Å². The minimum atomic E-state index is -2.56. The van der Waals surface area contributed by atoms with Gasteiger partial charge in [-0.15, -0.1) is 0 Å². The summed E-state index contributed by atoms with van der Waals surface area (Å²) in [5.74, 6) is 0.308. The fourth-order valence-corrected chi connectivity index (χ4v) is 11.1. The Hall–Kier alpha value is -2.18. The van der Waals surface area contributed by atoms with Crippen LogP contribution in [0.3, 0.4) is 0 Å². The SMILES string of the molecule is C[C@H](CO[Si](c1ccccc1)(c1ccccc1)C(C)(C)C)Cn1c2c(c3ccc(Br)cc31)C(O)CC2. The molecule has 0 saturated heterocycles. The van der Waals surface area contributed by atoms with Crippen LogP contribution in [0.5, 0.6) is 0 Å². The summed E-state index contributed by atoms with van der Waals surface area (Å²) in [4.78, 5) is 0. The van der Waals surface area contributed by atoms with E-state index in [2.05, 4.69) is 127 Å². The minimum absolute atomic E-state index is 0.0359. The summed E-state index contributed by atoms with van der Waals surface area (Å²) in [6.07, 6.45) is 1.36. The summed E-state index contributed by atoms with van der Waals surface area (Å²) < 4.78 is 10.7. The van der Waals surface area contributed by atoms with Gasteiger partial charge in [0.25, 0.3) is 8.32 Å². The first-order valence-electron chi connectivity index (χ1n) is 13.0. The summed E-state index contributed by atoms with van der Waals surface area (Å²) >= 11 is 3.66.